The van der Waals surface area contributed by atoms with Crippen LogP contribution < -0.4 is 0 Å². The average molecular weight is 175 g/mol. The van der Waals surface area contributed by atoms with E-state index in [1.807, 2.05) is 0 Å². The fourth-order valence-electron chi connectivity index (χ4n) is 2.76. The molecule has 2 unspecified atom stereocenters. The third-order valence-electron chi connectivity index (χ3n) is 3.35. The first-order valence-electron chi connectivity index (χ1n) is 4.84. The lowest BCUT2D eigenvalue weighted by atomic mass is 9.86. The van der Waals surface area contributed by atoms with E-state index in [0.29, 0.717) is 18.4 Å². The van der Waals surface area contributed by atoms with E-state index in [4.69, 9.17) is 10.5 Å². The minimum Gasteiger partial charge on any atom is -0.290 e. The molecule has 0 aromatic rings. The van der Waals surface area contributed by atoms with E-state index in [9.17, 15) is 0 Å². The molecular formula is C10H13N3. The van der Waals surface area contributed by atoms with Gasteiger partial charge in [-0.2, -0.15) is 10.5 Å². The number of likely N-dealkylation sites (tertiary alicyclic amines) is 1. The van der Waals surface area contributed by atoms with Gasteiger partial charge in [-0.25, -0.2) is 0 Å². The molecule has 13 heavy (non-hydrogen) atoms. The Bertz CT molecular complexity index is 259. The molecule has 3 heteroatoms. The monoisotopic (exact) mass is 175 g/mol. The number of rotatable bonds is 1. The largest absolute Gasteiger partial charge is 0.290 e. The average Bonchev–Trinajstić information content (AvgIpc) is 2.37. The first-order valence-corrected chi connectivity index (χ1v) is 4.84. The summed E-state index contributed by atoms with van der Waals surface area (Å²) in [6, 6.07) is 4.60. The number of nitriles is 2. The summed E-state index contributed by atoms with van der Waals surface area (Å²) in [7, 11) is 0. The molecule has 0 spiro atoms. The van der Waals surface area contributed by atoms with Crippen LogP contribution in [0, 0.1) is 40.4 Å². The molecule has 1 saturated carbocycles. The zero-order valence-electron chi connectivity index (χ0n) is 7.61. The molecule has 2 atom stereocenters. The fourth-order valence-corrected chi connectivity index (χ4v) is 2.76. The Morgan fingerprint density at radius 2 is 1.77 bits per heavy atom. The maximum atomic E-state index is 8.95. The standard InChI is InChI=1S/C10H13N3/c11-3-4-13-6-8-1-2-9(7-13)10(8)5-12/h8-10H,1-2,4,6-7H2. The van der Waals surface area contributed by atoms with Gasteiger partial charge in [-0.1, -0.05) is 0 Å². The zero-order chi connectivity index (χ0) is 9.26. The summed E-state index contributed by atoms with van der Waals surface area (Å²) in [4.78, 5) is 2.19. The lowest BCUT2D eigenvalue weighted by molar-refractivity contribution is 0.151. The third kappa shape index (κ3) is 1.41. The van der Waals surface area contributed by atoms with Gasteiger partial charge in [0.1, 0.15) is 0 Å². The highest BCUT2D eigenvalue weighted by molar-refractivity contribution is 5.03. The first-order chi connectivity index (χ1) is 6.35. The SMILES string of the molecule is N#CCN1CC2CCC(C1)C2C#N. The van der Waals surface area contributed by atoms with Gasteiger partial charge in [0.15, 0.2) is 0 Å². The van der Waals surface area contributed by atoms with Gasteiger partial charge < -0.3 is 0 Å². The maximum Gasteiger partial charge on any atom is 0.0866 e. The van der Waals surface area contributed by atoms with E-state index >= 15 is 0 Å². The minimum atomic E-state index is 0.273. The molecule has 0 radical (unpaired) electrons. The van der Waals surface area contributed by atoms with E-state index in [1.54, 1.807) is 0 Å². The van der Waals surface area contributed by atoms with Crippen LogP contribution >= 0.6 is 0 Å². The molecular weight excluding hydrogens is 162 g/mol. The normalized spacial score (nSPS) is 38.2. The number of fused-ring (bicyclic) bond motifs is 2. The summed E-state index contributed by atoms with van der Waals surface area (Å²) < 4.78 is 0. The van der Waals surface area contributed by atoms with Gasteiger partial charge in [-0.05, 0) is 24.7 Å². The molecule has 2 fully saturated rings. The van der Waals surface area contributed by atoms with Crippen molar-refractivity contribution in [2.45, 2.75) is 12.8 Å². The van der Waals surface area contributed by atoms with Crippen molar-refractivity contribution in [2.24, 2.45) is 17.8 Å². The van der Waals surface area contributed by atoms with Crippen LogP contribution in [0.25, 0.3) is 0 Å². The maximum absolute atomic E-state index is 8.95. The highest BCUT2D eigenvalue weighted by Crippen LogP contribution is 2.41. The summed E-state index contributed by atoms with van der Waals surface area (Å²) in [6.07, 6.45) is 2.37. The summed E-state index contributed by atoms with van der Waals surface area (Å²) in [5.74, 6) is 1.35. The second kappa shape index (κ2) is 3.36. The first kappa shape index (κ1) is 8.53. The van der Waals surface area contributed by atoms with E-state index in [-0.39, 0.29) is 5.92 Å². The third-order valence-corrected chi connectivity index (χ3v) is 3.35. The van der Waals surface area contributed by atoms with E-state index in [2.05, 4.69) is 17.0 Å². The smallest absolute Gasteiger partial charge is 0.0866 e. The molecule has 1 heterocycles. The summed E-state index contributed by atoms with van der Waals surface area (Å²) in [5.41, 5.74) is 0. The highest BCUT2D eigenvalue weighted by Gasteiger charge is 2.41. The van der Waals surface area contributed by atoms with Gasteiger partial charge in [0.2, 0.25) is 0 Å². The number of hydrogen-bond donors (Lipinski definition) is 0. The van der Waals surface area contributed by atoms with Gasteiger partial charge in [0.05, 0.1) is 24.6 Å². The van der Waals surface area contributed by atoms with Crippen molar-refractivity contribution in [3.63, 3.8) is 0 Å². The number of piperidine rings is 1. The van der Waals surface area contributed by atoms with Crippen LogP contribution in [0.4, 0.5) is 0 Å². The Kier molecular flexibility index (Phi) is 2.20. The molecule has 3 nitrogen and oxygen atoms in total. The van der Waals surface area contributed by atoms with E-state index < -0.39 is 0 Å². The van der Waals surface area contributed by atoms with Crippen LogP contribution in [-0.2, 0) is 0 Å². The van der Waals surface area contributed by atoms with Crippen molar-refractivity contribution in [3.8, 4) is 12.1 Å². The lowest BCUT2D eigenvalue weighted by Gasteiger charge is -2.33. The molecule has 2 bridgehead atoms. The molecule has 0 aromatic carbocycles. The molecule has 2 aliphatic rings. The van der Waals surface area contributed by atoms with Gasteiger partial charge in [0.25, 0.3) is 0 Å². The fraction of sp³-hybridized carbons (Fsp3) is 0.800. The van der Waals surface area contributed by atoms with Crippen molar-refractivity contribution in [1.82, 2.24) is 4.90 Å². The topological polar surface area (TPSA) is 50.8 Å². The Morgan fingerprint density at radius 1 is 1.15 bits per heavy atom. The van der Waals surface area contributed by atoms with Crippen LogP contribution in [0.5, 0.6) is 0 Å². The van der Waals surface area contributed by atoms with Crippen molar-refractivity contribution < 1.29 is 0 Å². The summed E-state index contributed by atoms with van der Waals surface area (Å²) >= 11 is 0. The van der Waals surface area contributed by atoms with Crippen LogP contribution in [0.15, 0.2) is 0 Å². The van der Waals surface area contributed by atoms with Gasteiger partial charge in [-0.15, -0.1) is 0 Å². The van der Waals surface area contributed by atoms with Crippen molar-refractivity contribution in [2.75, 3.05) is 19.6 Å². The predicted octanol–water partition coefficient (Wildman–Crippen LogP) is 0.992. The Labute approximate surface area is 78.6 Å². The zero-order valence-corrected chi connectivity index (χ0v) is 7.61. The molecule has 0 amide bonds. The van der Waals surface area contributed by atoms with Gasteiger partial charge >= 0.3 is 0 Å². The number of hydrogen-bond acceptors (Lipinski definition) is 3. The summed E-state index contributed by atoms with van der Waals surface area (Å²) in [5, 5.41) is 17.5. The van der Waals surface area contributed by atoms with Gasteiger partial charge in [-0.3, -0.25) is 4.90 Å². The molecule has 68 valence electrons. The Morgan fingerprint density at radius 3 is 2.23 bits per heavy atom. The molecule has 0 N–H and O–H groups in total. The molecule has 2 rings (SSSR count). The van der Waals surface area contributed by atoms with Crippen molar-refractivity contribution in [1.29, 1.82) is 10.5 Å². The summed E-state index contributed by atoms with van der Waals surface area (Å²) in [6.45, 7) is 2.45. The van der Waals surface area contributed by atoms with Crippen LogP contribution in [0.3, 0.4) is 0 Å². The molecule has 0 aromatic heterocycles. The second-order valence-electron chi connectivity index (χ2n) is 4.10. The molecule has 1 aliphatic heterocycles. The Balaban J connectivity index is 2.04. The van der Waals surface area contributed by atoms with E-state index in [0.717, 1.165) is 13.1 Å². The Hall–Kier alpha value is -1.06. The van der Waals surface area contributed by atoms with Gasteiger partial charge in [0, 0.05) is 13.1 Å². The quantitative estimate of drug-likeness (QED) is 0.558. The van der Waals surface area contributed by atoms with Crippen LogP contribution in [-0.4, -0.2) is 24.5 Å². The lowest BCUT2D eigenvalue weighted by Crippen LogP contribution is -2.41. The number of nitrogens with zero attached hydrogens (tertiary/aromatic N) is 3. The minimum absolute atomic E-state index is 0.273. The van der Waals surface area contributed by atoms with Crippen LogP contribution in [0.2, 0.25) is 0 Å². The van der Waals surface area contributed by atoms with Crippen molar-refractivity contribution in [3.05, 3.63) is 0 Å². The molecule has 1 saturated heterocycles. The van der Waals surface area contributed by atoms with E-state index in [1.165, 1.54) is 12.8 Å². The molecule has 1 aliphatic carbocycles. The predicted molar refractivity (Wildman–Crippen MR) is 47.4 cm³/mol. The second-order valence-corrected chi connectivity index (χ2v) is 4.10. The highest BCUT2D eigenvalue weighted by atomic mass is 15.1. The van der Waals surface area contributed by atoms with Crippen LogP contribution in [0.1, 0.15) is 12.8 Å². The van der Waals surface area contributed by atoms with Crippen molar-refractivity contribution >= 4 is 0 Å².